The van der Waals surface area contributed by atoms with Crippen molar-refractivity contribution < 1.29 is 27.5 Å². The summed E-state index contributed by atoms with van der Waals surface area (Å²) in [5.41, 5.74) is 1.21. The third kappa shape index (κ3) is 3.08. The minimum Gasteiger partial charge on any atom is -0.465 e. The second-order valence-electron chi connectivity index (χ2n) is 5.82. The van der Waals surface area contributed by atoms with Crippen LogP contribution in [0, 0.1) is 6.92 Å². The van der Waals surface area contributed by atoms with E-state index in [0.717, 1.165) is 3.97 Å². The lowest BCUT2D eigenvalue weighted by atomic mass is 10.1. The Labute approximate surface area is 156 Å². The number of carbonyl (C=O) groups excluding carboxylic acids is 2. The maximum atomic E-state index is 13.2. The zero-order chi connectivity index (χ0) is 19.8. The average molecular weight is 387 g/mol. The zero-order valence-corrected chi connectivity index (χ0v) is 15.7. The van der Waals surface area contributed by atoms with E-state index < -0.39 is 22.0 Å². The fourth-order valence-corrected chi connectivity index (χ4v) is 4.22. The number of aromatic nitrogens is 1. The fourth-order valence-electron chi connectivity index (χ4n) is 2.83. The fraction of sp³-hybridized carbons (Fsp3) is 0.158. The summed E-state index contributed by atoms with van der Waals surface area (Å²) in [6.45, 7) is 1.68. The highest BCUT2D eigenvalue weighted by Gasteiger charge is 2.25. The number of methoxy groups -OCH3 is 2. The first-order valence-corrected chi connectivity index (χ1v) is 9.38. The van der Waals surface area contributed by atoms with Gasteiger partial charge >= 0.3 is 11.9 Å². The van der Waals surface area contributed by atoms with Crippen LogP contribution in [0.4, 0.5) is 0 Å². The summed E-state index contributed by atoms with van der Waals surface area (Å²) in [6.07, 6.45) is 1.23. The van der Waals surface area contributed by atoms with Gasteiger partial charge in [-0.3, -0.25) is 0 Å². The summed E-state index contributed by atoms with van der Waals surface area (Å²) in [5, 5.41) is 0.452. The monoisotopic (exact) mass is 387 g/mol. The summed E-state index contributed by atoms with van der Waals surface area (Å²) >= 11 is 0. The normalized spacial score (nSPS) is 11.4. The van der Waals surface area contributed by atoms with Crippen molar-refractivity contribution in [2.45, 2.75) is 11.8 Å². The molecule has 0 atom stereocenters. The highest BCUT2D eigenvalue weighted by molar-refractivity contribution is 7.90. The number of hydrogen-bond donors (Lipinski definition) is 0. The van der Waals surface area contributed by atoms with Crippen molar-refractivity contribution in [3.63, 3.8) is 0 Å². The van der Waals surface area contributed by atoms with Gasteiger partial charge in [0.15, 0.2) is 0 Å². The Morgan fingerprint density at radius 1 is 0.926 bits per heavy atom. The minimum atomic E-state index is -4.07. The molecule has 0 amide bonds. The van der Waals surface area contributed by atoms with Crippen LogP contribution in [0.3, 0.4) is 0 Å². The third-order valence-corrected chi connectivity index (χ3v) is 5.92. The molecule has 0 bridgehead atoms. The quantitative estimate of drug-likeness (QED) is 0.639. The number of fused-ring (bicyclic) bond motifs is 1. The van der Waals surface area contributed by atoms with E-state index in [1.807, 2.05) is 0 Å². The first-order chi connectivity index (χ1) is 12.8. The molecule has 1 heterocycles. The molecule has 3 aromatic rings. The first kappa shape index (κ1) is 18.7. The molecule has 0 N–H and O–H groups in total. The number of hydrogen-bond acceptors (Lipinski definition) is 6. The first-order valence-electron chi connectivity index (χ1n) is 7.94. The predicted molar refractivity (Wildman–Crippen MR) is 98.4 cm³/mol. The minimum absolute atomic E-state index is 0.0920. The molecule has 0 fully saturated rings. The molecule has 0 radical (unpaired) electrons. The van der Waals surface area contributed by atoms with Crippen molar-refractivity contribution in [3.05, 3.63) is 65.4 Å². The molecule has 1 aromatic heterocycles. The van der Waals surface area contributed by atoms with Crippen LogP contribution in [-0.4, -0.2) is 38.5 Å². The van der Waals surface area contributed by atoms with E-state index in [0.29, 0.717) is 16.5 Å². The van der Waals surface area contributed by atoms with E-state index in [-0.39, 0.29) is 16.0 Å². The van der Waals surface area contributed by atoms with Crippen LogP contribution < -0.4 is 0 Å². The van der Waals surface area contributed by atoms with Gasteiger partial charge in [-0.15, -0.1) is 0 Å². The Bertz CT molecular complexity index is 1160. The molecule has 2 aromatic carbocycles. The van der Waals surface area contributed by atoms with E-state index in [9.17, 15) is 18.0 Å². The van der Waals surface area contributed by atoms with Crippen molar-refractivity contribution in [1.29, 1.82) is 0 Å². The largest absolute Gasteiger partial charge is 0.465 e. The maximum Gasteiger partial charge on any atom is 0.340 e. The molecule has 7 nitrogen and oxygen atoms in total. The van der Waals surface area contributed by atoms with E-state index >= 15 is 0 Å². The lowest BCUT2D eigenvalue weighted by molar-refractivity contribution is 0.0592. The van der Waals surface area contributed by atoms with E-state index in [1.165, 1.54) is 38.6 Å². The molecule has 0 saturated carbocycles. The number of ether oxygens (including phenoxy) is 2. The van der Waals surface area contributed by atoms with E-state index in [1.54, 1.807) is 31.2 Å². The summed E-state index contributed by atoms with van der Waals surface area (Å²) in [4.78, 5) is 23.9. The molecule has 0 saturated heterocycles. The number of benzene rings is 2. The van der Waals surface area contributed by atoms with Crippen LogP contribution in [0.5, 0.6) is 0 Å². The van der Waals surface area contributed by atoms with Crippen molar-refractivity contribution in [2.75, 3.05) is 14.2 Å². The predicted octanol–water partition coefficient (Wildman–Crippen LogP) is 2.76. The van der Waals surface area contributed by atoms with Gasteiger partial charge in [0.05, 0.1) is 35.8 Å². The van der Waals surface area contributed by atoms with Crippen LogP contribution >= 0.6 is 0 Å². The van der Waals surface area contributed by atoms with Gasteiger partial charge in [-0.1, -0.05) is 24.3 Å². The number of para-hydroxylation sites is 1. The molecule has 0 aliphatic heterocycles. The lowest BCUT2D eigenvalue weighted by Gasteiger charge is -2.10. The van der Waals surface area contributed by atoms with Gasteiger partial charge in [0, 0.05) is 11.6 Å². The maximum absolute atomic E-state index is 13.2. The molecule has 27 heavy (non-hydrogen) atoms. The summed E-state index contributed by atoms with van der Waals surface area (Å²) in [6, 6.07) is 10.8. The second-order valence-corrected chi connectivity index (χ2v) is 7.64. The van der Waals surface area contributed by atoms with Gasteiger partial charge < -0.3 is 9.47 Å². The van der Waals surface area contributed by atoms with Gasteiger partial charge in [0.2, 0.25) is 0 Å². The van der Waals surface area contributed by atoms with Crippen LogP contribution in [0.15, 0.2) is 53.6 Å². The van der Waals surface area contributed by atoms with Crippen LogP contribution in [0.25, 0.3) is 10.9 Å². The Balaban J connectivity index is 2.25. The van der Waals surface area contributed by atoms with Crippen molar-refractivity contribution in [3.8, 4) is 0 Å². The summed E-state index contributed by atoms with van der Waals surface area (Å²) in [5.74, 6) is -1.27. The Morgan fingerprint density at radius 2 is 1.56 bits per heavy atom. The molecule has 0 aliphatic rings. The van der Waals surface area contributed by atoms with E-state index in [2.05, 4.69) is 0 Å². The zero-order valence-electron chi connectivity index (χ0n) is 14.9. The Hall–Kier alpha value is -3.13. The molecule has 0 aliphatic carbocycles. The van der Waals surface area contributed by atoms with Gasteiger partial charge in [0.25, 0.3) is 10.0 Å². The molecular formula is C19H17NO6S. The molecule has 0 spiro atoms. The Kier molecular flexibility index (Phi) is 4.75. The highest BCUT2D eigenvalue weighted by Crippen LogP contribution is 2.27. The van der Waals surface area contributed by atoms with Gasteiger partial charge in [0.1, 0.15) is 0 Å². The van der Waals surface area contributed by atoms with Crippen LogP contribution in [0.2, 0.25) is 0 Å². The lowest BCUT2D eigenvalue weighted by Crippen LogP contribution is -2.14. The molecule has 140 valence electrons. The summed E-state index contributed by atoms with van der Waals surface area (Å²) < 4.78 is 36.9. The highest BCUT2D eigenvalue weighted by atomic mass is 32.2. The second kappa shape index (κ2) is 6.88. The van der Waals surface area contributed by atoms with Gasteiger partial charge in [-0.2, -0.15) is 0 Å². The van der Waals surface area contributed by atoms with E-state index in [4.69, 9.17) is 9.47 Å². The van der Waals surface area contributed by atoms with Crippen LogP contribution in [-0.2, 0) is 19.5 Å². The van der Waals surface area contributed by atoms with Crippen molar-refractivity contribution >= 4 is 32.9 Å². The van der Waals surface area contributed by atoms with Gasteiger partial charge in [-0.05, 0) is 30.7 Å². The number of esters is 2. The number of aryl methyl sites for hydroxylation is 1. The number of carbonyl (C=O) groups is 2. The molecule has 8 heteroatoms. The standard InChI is InChI=1S/C19H17NO6S/c1-12-8-9-13(10-15(12)18(21)25-2)27(23,24)20-11-16(19(22)26-3)14-6-4-5-7-17(14)20/h4-11H,1-3H3. The molecule has 0 unspecified atom stereocenters. The molecular weight excluding hydrogens is 370 g/mol. The van der Waals surface area contributed by atoms with Crippen molar-refractivity contribution in [1.82, 2.24) is 3.97 Å². The Morgan fingerprint density at radius 3 is 2.22 bits per heavy atom. The topological polar surface area (TPSA) is 91.7 Å². The average Bonchev–Trinajstić information content (AvgIpc) is 3.07. The molecule has 3 rings (SSSR count). The number of rotatable bonds is 4. The SMILES string of the molecule is COC(=O)c1cc(S(=O)(=O)n2cc(C(=O)OC)c3ccccc32)ccc1C. The smallest absolute Gasteiger partial charge is 0.340 e. The summed E-state index contributed by atoms with van der Waals surface area (Å²) in [7, 11) is -1.61. The van der Waals surface area contributed by atoms with Crippen molar-refractivity contribution in [2.24, 2.45) is 0 Å². The third-order valence-electron chi connectivity index (χ3n) is 4.25. The van der Waals surface area contributed by atoms with Gasteiger partial charge in [-0.25, -0.2) is 22.0 Å². The number of nitrogens with zero attached hydrogens (tertiary/aromatic N) is 1. The van der Waals surface area contributed by atoms with Crippen LogP contribution in [0.1, 0.15) is 26.3 Å².